The van der Waals surface area contributed by atoms with Crippen LogP contribution in [0.25, 0.3) is 0 Å². The Kier molecular flexibility index (Phi) is 6.01. The maximum atomic E-state index is 13.0. The maximum absolute atomic E-state index is 13.0. The topological polar surface area (TPSA) is 68.3 Å². The van der Waals surface area contributed by atoms with Crippen molar-refractivity contribution in [3.8, 4) is 0 Å². The molecule has 3 aromatic rings. The summed E-state index contributed by atoms with van der Waals surface area (Å²) in [6.07, 6.45) is 3.39. The third-order valence-electron chi connectivity index (χ3n) is 3.95. The molecule has 0 N–H and O–H groups in total. The minimum Gasteiger partial charge on any atom is -0.467 e. The summed E-state index contributed by atoms with van der Waals surface area (Å²) < 4.78 is 6.77. The van der Waals surface area contributed by atoms with Gasteiger partial charge in [-0.15, -0.1) is 11.3 Å². The van der Waals surface area contributed by atoms with Crippen LogP contribution in [0.1, 0.15) is 40.9 Å². The third kappa shape index (κ3) is 4.49. The standard InChI is InChI=1S/C19H21N3O3S/c1-2-3-10-22-18(23)9-8-17(20-22)19(24)21(13-15-6-4-11-25-15)14-16-7-5-12-26-16/h4-9,11-12H,2-3,10,13-14H2,1H3. The van der Waals surface area contributed by atoms with E-state index in [4.69, 9.17) is 4.42 Å². The molecule has 0 aliphatic rings. The second-order valence-corrected chi connectivity index (χ2v) is 6.99. The third-order valence-corrected chi connectivity index (χ3v) is 4.81. The zero-order valence-corrected chi connectivity index (χ0v) is 15.4. The summed E-state index contributed by atoms with van der Waals surface area (Å²) in [7, 11) is 0. The Morgan fingerprint density at radius 1 is 1.23 bits per heavy atom. The number of amides is 1. The van der Waals surface area contributed by atoms with E-state index >= 15 is 0 Å². The van der Waals surface area contributed by atoms with E-state index in [0.717, 1.165) is 17.7 Å². The lowest BCUT2D eigenvalue weighted by Crippen LogP contribution is -2.33. The van der Waals surface area contributed by atoms with E-state index < -0.39 is 0 Å². The highest BCUT2D eigenvalue weighted by molar-refractivity contribution is 7.09. The number of carbonyl (C=O) groups is 1. The fourth-order valence-corrected chi connectivity index (χ4v) is 3.29. The van der Waals surface area contributed by atoms with E-state index in [1.54, 1.807) is 28.6 Å². The van der Waals surface area contributed by atoms with Gasteiger partial charge in [-0.3, -0.25) is 9.59 Å². The summed E-state index contributed by atoms with van der Waals surface area (Å²) in [4.78, 5) is 27.7. The van der Waals surface area contributed by atoms with Crippen molar-refractivity contribution >= 4 is 17.2 Å². The number of hydrogen-bond donors (Lipinski definition) is 0. The van der Waals surface area contributed by atoms with Gasteiger partial charge in [-0.1, -0.05) is 19.4 Å². The summed E-state index contributed by atoms with van der Waals surface area (Å²) in [5, 5.41) is 6.26. The molecule has 0 saturated heterocycles. The fraction of sp³-hybridized carbons (Fsp3) is 0.316. The molecular weight excluding hydrogens is 350 g/mol. The second kappa shape index (κ2) is 8.62. The van der Waals surface area contributed by atoms with Crippen molar-refractivity contribution in [3.05, 3.63) is 74.7 Å². The first-order valence-corrected chi connectivity index (χ1v) is 9.47. The van der Waals surface area contributed by atoms with E-state index in [9.17, 15) is 9.59 Å². The second-order valence-electron chi connectivity index (χ2n) is 5.95. The van der Waals surface area contributed by atoms with Gasteiger partial charge in [-0.25, -0.2) is 4.68 Å². The van der Waals surface area contributed by atoms with Crippen LogP contribution in [0.2, 0.25) is 0 Å². The first-order chi connectivity index (χ1) is 12.7. The average Bonchev–Trinajstić information content (AvgIpc) is 3.34. The van der Waals surface area contributed by atoms with Crippen molar-refractivity contribution < 1.29 is 9.21 Å². The van der Waals surface area contributed by atoms with Crippen LogP contribution in [0, 0.1) is 0 Å². The number of aryl methyl sites for hydroxylation is 1. The number of rotatable bonds is 8. The molecule has 0 saturated carbocycles. The van der Waals surface area contributed by atoms with E-state index in [1.165, 1.54) is 16.8 Å². The Morgan fingerprint density at radius 2 is 2.12 bits per heavy atom. The highest BCUT2D eigenvalue weighted by atomic mass is 32.1. The molecule has 0 unspecified atom stereocenters. The molecule has 136 valence electrons. The van der Waals surface area contributed by atoms with Crippen LogP contribution in [-0.4, -0.2) is 20.6 Å². The predicted molar refractivity (Wildman–Crippen MR) is 100 cm³/mol. The van der Waals surface area contributed by atoms with Gasteiger partial charge in [-0.2, -0.15) is 5.10 Å². The number of nitrogens with zero attached hydrogens (tertiary/aromatic N) is 3. The molecular formula is C19H21N3O3S. The minimum atomic E-state index is -0.222. The largest absolute Gasteiger partial charge is 0.467 e. The van der Waals surface area contributed by atoms with Crippen LogP contribution in [0.3, 0.4) is 0 Å². The summed E-state index contributed by atoms with van der Waals surface area (Å²) in [6.45, 7) is 3.37. The molecule has 0 aliphatic carbocycles. The van der Waals surface area contributed by atoms with E-state index in [1.807, 2.05) is 30.5 Å². The van der Waals surface area contributed by atoms with E-state index in [2.05, 4.69) is 5.10 Å². The molecule has 1 amide bonds. The van der Waals surface area contributed by atoms with E-state index in [-0.39, 0.29) is 17.2 Å². The number of hydrogen-bond acceptors (Lipinski definition) is 5. The molecule has 6 nitrogen and oxygen atoms in total. The lowest BCUT2D eigenvalue weighted by molar-refractivity contribution is 0.0710. The van der Waals surface area contributed by atoms with Gasteiger partial charge >= 0.3 is 0 Å². The minimum absolute atomic E-state index is 0.189. The molecule has 0 atom stereocenters. The summed E-state index contributed by atoms with van der Waals surface area (Å²) >= 11 is 1.59. The maximum Gasteiger partial charge on any atom is 0.275 e. The Morgan fingerprint density at radius 3 is 2.81 bits per heavy atom. The quantitative estimate of drug-likeness (QED) is 0.607. The zero-order valence-electron chi connectivity index (χ0n) is 14.6. The average molecular weight is 371 g/mol. The first-order valence-electron chi connectivity index (χ1n) is 8.59. The SMILES string of the molecule is CCCCn1nc(C(=O)N(Cc2ccco2)Cc2cccs2)ccc1=O. The Balaban J connectivity index is 1.85. The van der Waals surface area contributed by atoms with Crippen LogP contribution >= 0.6 is 11.3 Å². The Hall–Kier alpha value is -2.67. The molecule has 3 rings (SSSR count). The van der Waals surface area contributed by atoms with Gasteiger partial charge in [0.2, 0.25) is 0 Å². The molecule has 0 aromatic carbocycles. The Labute approximate surface area is 155 Å². The van der Waals surface area contributed by atoms with Crippen molar-refractivity contribution in [3.63, 3.8) is 0 Å². The summed E-state index contributed by atoms with van der Waals surface area (Å²) in [6, 6.07) is 10.5. The van der Waals surface area contributed by atoms with Gasteiger partial charge in [0.15, 0.2) is 0 Å². The van der Waals surface area contributed by atoms with Gasteiger partial charge in [-0.05, 0) is 36.1 Å². The predicted octanol–water partition coefficient (Wildman–Crippen LogP) is 3.54. The smallest absolute Gasteiger partial charge is 0.275 e. The van der Waals surface area contributed by atoms with Crippen molar-refractivity contribution in [1.29, 1.82) is 0 Å². The van der Waals surface area contributed by atoms with Gasteiger partial charge in [0.25, 0.3) is 11.5 Å². The molecule has 0 fully saturated rings. The number of furan rings is 1. The summed E-state index contributed by atoms with van der Waals surface area (Å²) in [5.74, 6) is 0.481. The zero-order chi connectivity index (χ0) is 18.4. The van der Waals surface area contributed by atoms with Crippen molar-refractivity contribution in [2.45, 2.75) is 39.4 Å². The number of carbonyl (C=O) groups excluding carboxylic acids is 1. The number of unbranched alkanes of at least 4 members (excludes halogenated alkanes) is 1. The van der Waals surface area contributed by atoms with E-state index in [0.29, 0.717) is 25.4 Å². The molecule has 0 bridgehead atoms. The van der Waals surface area contributed by atoms with Gasteiger partial charge < -0.3 is 9.32 Å². The van der Waals surface area contributed by atoms with Crippen LogP contribution in [-0.2, 0) is 19.6 Å². The first kappa shape index (κ1) is 18.1. The lowest BCUT2D eigenvalue weighted by Gasteiger charge is -2.21. The number of thiophene rings is 1. The normalized spacial score (nSPS) is 10.8. The van der Waals surface area contributed by atoms with Crippen LogP contribution < -0.4 is 5.56 Å². The molecule has 3 heterocycles. The molecule has 0 spiro atoms. The monoisotopic (exact) mass is 371 g/mol. The van der Waals surface area contributed by atoms with Crippen LogP contribution in [0.5, 0.6) is 0 Å². The molecule has 0 radical (unpaired) electrons. The van der Waals surface area contributed by atoms with Crippen molar-refractivity contribution in [2.75, 3.05) is 0 Å². The van der Waals surface area contributed by atoms with Crippen LogP contribution in [0.4, 0.5) is 0 Å². The van der Waals surface area contributed by atoms with Gasteiger partial charge in [0, 0.05) is 17.5 Å². The van der Waals surface area contributed by atoms with Crippen LogP contribution in [0.15, 0.2) is 57.3 Å². The summed E-state index contributed by atoms with van der Waals surface area (Å²) in [5.41, 5.74) is 0.0784. The van der Waals surface area contributed by atoms with Gasteiger partial charge in [0.05, 0.1) is 19.4 Å². The molecule has 0 aliphatic heterocycles. The molecule has 7 heteroatoms. The fourth-order valence-electron chi connectivity index (χ4n) is 2.57. The highest BCUT2D eigenvalue weighted by Gasteiger charge is 2.20. The lowest BCUT2D eigenvalue weighted by atomic mass is 10.3. The number of aromatic nitrogens is 2. The highest BCUT2D eigenvalue weighted by Crippen LogP contribution is 2.16. The van der Waals surface area contributed by atoms with Gasteiger partial charge in [0.1, 0.15) is 11.5 Å². The van der Waals surface area contributed by atoms with Crippen molar-refractivity contribution in [2.24, 2.45) is 0 Å². The Bertz CT molecular complexity index is 849. The molecule has 26 heavy (non-hydrogen) atoms. The molecule has 3 aromatic heterocycles. The van der Waals surface area contributed by atoms with Crippen molar-refractivity contribution in [1.82, 2.24) is 14.7 Å².